The summed E-state index contributed by atoms with van der Waals surface area (Å²) >= 11 is 0. The first-order valence-electron chi connectivity index (χ1n) is 6.62. The molecule has 1 fully saturated rings. The Bertz CT molecular complexity index is 396. The van der Waals surface area contributed by atoms with Crippen LogP contribution in [0, 0.1) is 0 Å². The molecule has 1 heterocycles. The van der Waals surface area contributed by atoms with Crippen LogP contribution < -0.4 is 16.0 Å². The summed E-state index contributed by atoms with van der Waals surface area (Å²) in [6.45, 7) is 4.17. The van der Waals surface area contributed by atoms with E-state index in [4.69, 9.17) is 5.73 Å². The maximum atomic E-state index is 11.6. The minimum absolute atomic E-state index is 0.119. The van der Waals surface area contributed by atoms with Crippen LogP contribution in [0.5, 0.6) is 0 Å². The van der Waals surface area contributed by atoms with Crippen molar-refractivity contribution in [1.29, 1.82) is 0 Å². The summed E-state index contributed by atoms with van der Waals surface area (Å²) in [4.78, 5) is 14.0. The Morgan fingerprint density at radius 2 is 1.94 bits per heavy atom. The van der Waals surface area contributed by atoms with Crippen LogP contribution in [0.4, 0.5) is 11.4 Å². The predicted octanol–water partition coefficient (Wildman–Crippen LogP) is 1.96. The van der Waals surface area contributed by atoms with Gasteiger partial charge in [0.2, 0.25) is 5.91 Å². The average Bonchev–Trinajstić information content (AvgIpc) is 2.92. The average molecular weight is 247 g/mol. The molecule has 1 aliphatic rings. The van der Waals surface area contributed by atoms with Gasteiger partial charge in [0.05, 0.1) is 6.04 Å². The van der Waals surface area contributed by atoms with Crippen LogP contribution >= 0.6 is 0 Å². The monoisotopic (exact) mass is 247 g/mol. The molecule has 1 saturated heterocycles. The zero-order chi connectivity index (χ0) is 13.0. The molecule has 98 valence electrons. The molecular formula is C14H21N3O. The van der Waals surface area contributed by atoms with Crippen LogP contribution in [0.2, 0.25) is 0 Å². The summed E-state index contributed by atoms with van der Waals surface area (Å²) in [6, 6.07) is 7.56. The third kappa shape index (κ3) is 3.01. The fourth-order valence-electron chi connectivity index (χ4n) is 2.15. The van der Waals surface area contributed by atoms with Gasteiger partial charge in [-0.05, 0) is 43.5 Å². The largest absolute Gasteiger partial charge is 0.372 e. The van der Waals surface area contributed by atoms with Crippen LogP contribution in [0.15, 0.2) is 24.3 Å². The molecule has 0 aromatic heterocycles. The number of hydrogen-bond acceptors (Lipinski definition) is 3. The molecule has 0 unspecified atom stereocenters. The number of nitrogens with two attached hydrogens (primary N) is 1. The van der Waals surface area contributed by atoms with Crippen LogP contribution in [-0.4, -0.2) is 25.0 Å². The van der Waals surface area contributed by atoms with Gasteiger partial charge < -0.3 is 16.0 Å². The van der Waals surface area contributed by atoms with E-state index < -0.39 is 6.04 Å². The van der Waals surface area contributed by atoms with Crippen LogP contribution in [0.3, 0.4) is 0 Å². The highest BCUT2D eigenvalue weighted by molar-refractivity contribution is 5.94. The molecular weight excluding hydrogens is 226 g/mol. The maximum absolute atomic E-state index is 11.6. The number of nitrogens with zero attached hydrogens (tertiary/aromatic N) is 1. The van der Waals surface area contributed by atoms with Crippen molar-refractivity contribution in [3.63, 3.8) is 0 Å². The Morgan fingerprint density at radius 1 is 1.33 bits per heavy atom. The van der Waals surface area contributed by atoms with Gasteiger partial charge in [-0.15, -0.1) is 0 Å². The molecule has 0 saturated carbocycles. The fourth-order valence-corrected chi connectivity index (χ4v) is 2.15. The van der Waals surface area contributed by atoms with Gasteiger partial charge in [0, 0.05) is 24.5 Å². The summed E-state index contributed by atoms with van der Waals surface area (Å²) in [5.74, 6) is -0.119. The van der Waals surface area contributed by atoms with Gasteiger partial charge in [0.25, 0.3) is 0 Å². The van der Waals surface area contributed by atoms with Crippen molar-refractivity contribution in [2.75, 3.05) is 23.3 Å². The molecule has 2 rings (SSSR count). The highest BCUT2D eigenvalue weighted by Crippen LogP contribution is 2.22. The van der Waals surface area contributed by atoms with Crippen molar-refractivity contribution in [2.24, 2.45) is 5.73 Å². The summed E-state index contributed by atoms with van der Waals surface area (Å²) in [5.41, 5.74) is 7.71. The van der Waals surface area contributed by atoms with E-state index in [1.54, 1.807) is 0 Å². The Labute approximate surface area is 108 Å². The molecule has 0 spiro atoms. The number of rotatable bonds is 4. The molecule has 1 aromatic rings. The van der Waals surface area contributed by atoms with Gasteiger partial charge in [-0.3, -0.25) is 4.79 Å². The first-order chi connectivity index (χ1) is 8.70. The molecule has 1 atom stereocenters. The SMILES string of the molecule is CC[C@H](N)C(=O)Nc1ccc(N2CCCC2)cc1. The van der Waals surface area contributed by atoms with Crippen LogP contribution in [0.25, 0.3) is 0 Å². The topological polar surface area (TPSA) is 58.4 Å². The van der Waals surface area contributed by atoms with E-state index in [1.165, 1.54) is 18.5 Å². The second-order valence-electron chi connectivity index (χ2n) is 4.75. The standard InChI is InChI=1S/C14H21N3O/c1-2-13(15)14(18)16-11-5-7-12(8-6-11)17-9-3-4-10-17/h5-8,13H,2-4,9-10,15H2,1H3,(H,16,18)/t13-/m0/s1. The first-order valence-corrected chi connectivity index (χ1v) is 6.62. The minimum atomic E-state index is -0.428. The smallest absolute Gasteiger partial charge is 0.241 e. The van der Waals surface area contributed by atoms with Gasteiger partial charge in [0.1, 0.15) is 0 Å². The third-order valence-electron chi connectivity index (χ3n) is 3.38. The number of hydrogen-bond donors (Lipinski definition) is 2. The van der Waals surface area contributed by atoms with E-state index in [0.717, 1.165) is 18.8 Å². The van der Waals surface area contributed by atoms with E-state index in [-0.39, 0.29) is 5.91 Å². The number of carbonyl (C=O) groups excluding carboxylic acids is 1. The molecule has 4 nitrogen and oxygen atoms in total. The van der Waals surface area contributed by atoms with Crippen molar-refractivity contribution < 1.29 is 4.79 Å². The van der Waals surface area contributed by atoms with Crippen molar-refractivity contribution in [2.45, 2.75) is 32.2 Å². The molecule has 18 heavy (non-hydrogen) atoms. The second kappa shape index (κ2) is 5.87. The number of anilines is 2. The minimum Gasteiger partial charge on any atom is -0.372 e. The second-order valence-corrected chi connectivity index (χ2v) is 4.75. The van der Waals surface area contributed by atoms with E-state index in [1.807, 2.05) is 19.1 Å². The molecule has 0 radical (unpaired) electrons. The lowest BCUT2D eigenvalue weighted by Gasteiger charge is -2.18. The molecule has 0 bridgehead atoms. The number of carbonyl (C=O) groups is 1. The van der Waals surface area contributed by atoms with E-state index in [0.29, 0.717) is 6.42 Å². The molecule has 3 N–H and O–H groups in total. The zero-order valence-electron chi connectivity index (χ0n) is 10.9. The molecule has 0 aliphatic carbocycles. The van der Waals surface area contributed by atoms with Crippen molar-refractivity contribution in [1.82, 2.24) is 0 Å². The van der Waals surface area contributed by atoms with Crippen LogP contribution in [-0.2, 0) is 4.79 Å². The van der Waals surface area contributed by atoms with E-state index in [2.05, 4.69) is 22.3 Å². The molecule has 1 aliphatic heterocycles. The Kier molecular flexibility index (Phi) is 4.20. The van der Waals surface area contributed by atoms with Gasteiger partial charge in [0.15, 0.2) is 0 Å². The maximum Gasteiger partial charge on any atom is 0.241 e. The highest BCUT2D eigenvalue weighted by atomic mass is 16.2. The van der Waals surface area contributed by atoms with E-state index in [9.17, 15) is 4.79 Å². The first kappa shape index (κ1) is 12.9. The predicted molar refractivity (Wildman–Crippen MR) is 74.8 cm³/mol. The van der Waals surface area contributed by atoms with Gasteiger partial charge >= 0.3 is 0 Å². The lowest BCUT2D eigenvalue weighted by atomic mass is 10.2. The van der Waals surface area contributed by atoms with Crippen molar-refractivity contribution in [3.8, 4) is 0 Å². The molecule has 4 heteroatoms. The van der Waals surface area contributed by atoms with Crippen molar-refractivity contribution in [3.05, 3.63) is 24.3 Å². The molecule has 1 amide bonds. The van der Waals surface area contributed by atoms with Gasteiger partial charge in [-0.25, -0.2) is 0 Å². The Morgan fingerprint density at radius 3 is 2.50 bits per heavy atom. The lowest BCUT2D eigenvalue weighted by Crippen LogP contribution is -2.34. The Hall–Kier alpha value is -1.55. The van der Waals surface area contributed by atoms with E-state index >= 15 is 0 Å². The van der Waals surface area contributed by atoms with Crippen LogP contribution in [0.1, 0.15) is 26.2 Å². The molecule has 1 aromatic carbocycles. The summed E-state index contributed by atoms with van der Waals surface area (Å²) in [6.07, 6.45) is 3.19. The van der Waals surface area contributed by atoms with Crippen molar-refractivity contribution >= 4 is 17.3 Å². The fraction of sp³-hybridized carbons (Fsp3) is 0.500. The number of amides is 1. The highest BCUT2D eigenvalue weighted by Gasteiger charge is 2.13. The lowest BCUT2D eigenvalue weighted by molar-refractivity contribution is -0.117. The normalized spacial score (nSPS) is 16.7. The summed E-state index contributed by atoms with van der Waals surface area (Å²) < 4.78 is 0. The van der Waals surface area contributed by atoms with Gasteiger partial charge in [-0.2, -0.15) is 0 Å². The Balaban J connectivity index is 1.97. The van der Waals surface area contributed by atoms with Gasteiger partial charge in [-0.1, -0.05) is 6.92 Å². The summed E-state index contributed by atoms with van der Waals surface area (Å²) in [7, 11) is 0. The number of nitrogens with one attached hydrogen (secondary N) is 1. The zero-order valence-corrected chi connectivity index (χ0v) is 10.9. The summed E-state index contributed by atoms with van der Waals surface area (Å²) in [5, 5.41) is 2.83. The quantitative estimate of drug-likeness (QED) is 0.855. The number of benzene rings is 1. The third-order valence-corrected chi connectivity index (χ3v) is 3.38.